The topological polar surface area (TPSA) is 71.1 Å². The fourth-order valence-corrected chi connectivity index (χ4v) is 4.07. The highest BCUT2D eigenvalue weighted by molar-refractivity contribution is 8.01. The van der Waals surface area contributed by atoms with Gasteiger partial charge in [-0.3, -0.25) is 10.1 Å². The van der Waals surface area contributed by atoms with Crippen molar-refractivity contribution in [1.29, 1.82) is 0 Å². The summed E-state index contributed by atoms with van der Waals surface area (Å²) in [5.74, 6) is -0.250. The van der Waals surface area contributed by atoms with Gasteiger partial charge < -0.3 is 5.32 Å². The molecule has 128 valence electrons. The molecule has 0 fully saturated rings. The Morgan fingerprint density at radius 3 is 2.76 bits per heavy atom. The molecule has 2 N–H and O–H groups in total. The molecule has 0 aliphatic heterocycles. The second kappa shape index (κ2) is 8.33. The number of fused-ring (bicyclic) bond motifs is 1. The number of halogens is 1. The van der Waals surface area contributed by atoms with Crippen LogP contribution in [0.3, 0.4) is 0 Å². The molecule has 0 saturated heterocycles. The van der Waals surface area contributed by atoms with E-state index >= 15 is 0 Å². The second-order valence-electron chi connectivity index (χ2n) is 5.10. The van der Waals surface area contributed by atoms with Crippen LogP contribution >= 0.6 is 34.7 Å². The molecule has 25 heavy (non-hydrogen) atoms. The Bertz CT molecular complexity index is 899. The van der Waals surface area contributed by atoms with E-state index in [9.17, 15) is 9.59 Å². The van der Waals surface area contributed by atoms with Crippen LogP contribution in [0.4, 0.5) is 4.79 Å². The highest BCUT2D eigenvalue weighted by atomic mass is 35.5. The van der Waals surface area contributed by atoms with E-state index < -0.39 is 6.03 Å². The maximum absolute atomic E-state index is 11.9. The molecule has 0 spiro atoms. The van der Waals surface area contributed by atoms with Crippen LogP contribution < -0.4 is 10.6 Å². The van der Waals surface area contributed by atoms with Gasteiger partial charge in [-0.2, -0.15) is 0 Å². The number of carbonyl (C=O) groups excluding carboxylic acids is 2. The van der Waals surface area contributed by atoms with Crippen molar-refractivity contribution >= 4 is 56.9 Å². The second-order valence-corrected chi connectivity index (χ2v) is 7.79. The molecular weight excluding hydrogens is 378 g/mol. The van der Waals surface area contributed by atoms with Gasteiger partial charge in [-0.15, -0.1) is 11.3 Å². The summed E-state index contributed by atoms with van der Waals surface area (Å²) in [5.41, 5.74) is 1.77. The van der Waals surface area contributed by atoms with E-state index in [4.69, 9.17) is 11.6 Å². The summed E-state index contributed by atoms with van der Waals surface area (Å²) in [4.78, 5) is 28.0. The first-order valence-corrected chi connectivity index (χ1v) is 9.58. The molecule has 0 bridgehead atoms. The lowest BCUT2D eigenvalue weighted by atomic mass is 10.2. The summed E-state index contributed by atoms with van der Waals surface area (Å²) in [7, 11) is 0. The number of imide groups is 1. The Hall–Kier alpha value is -2.09. The van der Waals surface area contributed by atoms with E-state index in [2.05, 4.69) is 15.6 Å². The van der Waals surface area contributed by atoms with Crippen LogP contribution in [0, 0.1) is 0 Å². The van der Waals surface area contributed by atoms with Gasteiger partial charge >= 0.3 is 6.03 Å². The minimum absolute atomic E-state index is 0.117. The number of thiazole rings is 1. The number of rotatable bonds is 5. The number of nitrogens with zero attached hydrogens (tertiary/aromatic N) is 1. The summed E-state index contributed by atoms with van der Waals surface area (Å²) < 4.78 is 1.77. The number of amides is 3. The van der Waals surface area contributed by atoms with Gasteiger partial charge in [-0.05, 0) is 23.8 Å². The standard InChI is InChI=1S/C17H14ClN3O2S2/c18-12-6-7-14-13(8-12)20-17(25-14)24-10-15(22)21-16(23)19-9-11-4-2-1-3-5-11/h1-8H,9-10H2,(H2,19,21,22,23). The normalized spacial score (nSPS) is 10.6. The SMILES string of the molecule is O=C(CSc1nc2cc(Cl)ccc2s1)NC(=O)NCc1ccccc1. The first kappa shape index (κ1) is 17.7. The summed E-state index contributed by atoms with van der Waals surface area (Å²) >= 11 is 8.71. The average Bonchev–Trinajstić information content (AvgIpc) is 3.01. The molecule has 1 heterocycles. The molecule has 0 radical (unpaired) electrons. The summed E-state index contributed by atoms with van der Waals surface area (Å²) in [5, 5.41) is 5.58. The largest absolute Gasteiger partial charge is 0.334 e. The van der Waals surface area contributed by atoms with E-state index in [1.54, 1.807) is 12.1 Å². The molecule has 8 heteroatoms. The van der Waals surface area contributed by atoms with Gasteiger partial charge in [0.25, 0.3) is 0 Å². The Kier molecular flexibility index (Phi) is 5.91. The third kappa shape index (κ3) is 5.19. The number of benzene rings is 2. The van der Waals surface area contributed by atoms with Gasteiger partial charge in [0, 0.05) is 11.6 Å². The van der Waals surface area contributed by atoms with Gasteiger partial charge in [-0.25, -0.2) is 9.78 Å². The van der Waals surface area contributed by atoms with Gasteiger partial charge in [-0.1, -0.05) is 53.7 Å². The number of urea groups is 1. The Morgan fingerprint density at radius 2 is 1.96 bits per heavy atom. The van der Waals surface area contributed by atoms with Crippen molar-refractivity contribution in [1.82, 2.24) is 15.6 Å². The van der Waals surface area contributed by atoms with Gasteiger partial charge in [0.2, 0.25) is 5.91 Å². The highest BCUT2D eigenvalue weighted by Crippen LogP contribution is 2.30. The fourth-order valence-electron chi connectivity index (χ4n) is 2.05. The number of carbonyl (C=O) groups is 2. The quantitative estimate of drug-likeness (QED) is 0.643. The number of thioether (sulfide) groups is 1. The van der Waals surface area contributed by atoms with E-state index in [0.717, 1.165) is 20.1 Å². The smallest absolute Gasteiger partial charge is 0.321 e. The third-order valence-corrected chi connectivity index (χ3v) is 5.62. The van der Waals surface area contributed by atoms with Crippen LogP contribution in [0.15, 0.2) is 52.9 Å². The van der Waals surface area contributed by atoms with Crippen molar-refractivity contribution in [2.45, 2.75) is 10.9 Å². The Morgan fingerprint density at radius 1 is 1.16 bits per heavy atom. The zero-order chi connectivity index (χ0) is 17.6. The monoisotopic (exact) mass is 391 g/mol. The predicted molar refractivity (Wildman–Crippen MR) is 102 cm³/mol. The van der Waals surface area contributed by atoms with Crippen LogP contribution in [-0.4, -0.2) is 22.7 Å². The highest BCUT2D eigenvalue weighted by Gasteiger charge is 2.11. The van der Waals surface area contributed by atoms with E-state index in [0.29, 0.717) is 11.6 Å². The molecule has 0 atom stereocenters. The van der Waals surface area contributed by atoms with Crippen LogP contribution in [0.2, 0.25) is 5.02 Å². The van der Waals surface area contributed by atoms with Crippen molar-refractivity contribution in [2.24, 2.45) is 0 Å². The average molecular weight is 392 g/mol. The first-order chi connectivity index (χ1) is 12.1. The lowest BCUT2D eigenvalue weighted by Crippen LogP contribution is -2.39. The molecule has 3 aromatic rings. The fraction of sp³-hybridized carbons (Fsp3) is 0.118. The zero-order valence-electron chi connectivity index (χ0n) is 13.0. The lowest BCUT2D eigenvalue weighted by molar-refractivity contribution is -0.117. The zero-order valence-corrected chi connectivity index (χ0v) is 15.4. The summed E-state index contributed by atoms with van der Waals surface area (Å²) in [6, 6.07) is 14.5. The van der Waals surface area contributed by atoms with Crippen LogP contribution in [0.25, 0.3) is 10.2 Å². The molecular formula is C17H14ClN3O2S2. The molecule has 3 amide bonds. The van der Waals surface area contributed by atoms with E-state index in [1.807, 2.05) is 36.4 Å². The van der Waals surface area contributed by atoms with Crippen LogP contribution in [0.1, 0.15) is 5.56 Å². The molecule has 3 rings (SSSR count). The molecule has 0 saturated carbocycles. The molecule has 0 aliphatic rings. The van der Waals surface area contributed by atoms with Gasteiger partial charge in [0.15, 0.2) is 4.34 Å². The van der Waals surface area contributed by atoms with Crippen molar-refractivity contribution in [3.8, 4) is 0 Å². The van der Waals surface area contributed by atoms with Crippen LogP contribution in [-0.2, 0) is 11.3 Å². The Labute approximate surface area is 157 Å². The minimum Gasteiger partial charge on any atom is -0.334 e. The third-order valence-electron chi connectivity index (χ3n) is 3.21. The predicted octanol–water partition coefficient (Wildman–Crippen LogP) is 4.07. The summed E-state index contributed by atoms with van der Waals surface area (Å²) in [6.07, 6.45) is 0. The molecule has 1 aromatic heterocycles. The molecule has 5 nitrogen and oxygen atoms in total. The maximum atomic E-state index is 11.9. The summed E-state index contributed by atoms with van der Waals surface area (Å²) in [6.45, 7) is 0.367. The van der Waals surface area contributed by atoms with E-state index in [-0.39, 0.29) is 11.7 Å². The van der Waals surface area contributed by atoms with Crippen molar-refractivity contribution in [3.63, 3.8) is 0 Å². The van der Waals surface area contributed by atoms with Gasteiger partial charge in [0.1, 0.15) is 0 Å². The molecule has 0 aliphatic carbocycles. The van der Waals surface area contributed by atoms with Crippen molar-refractivity contribution in [3.05, 3.63) is 59.1 Å². The minimum atomic E-state index is -0.509. The van der Waals surface area contributed by atoms with Crippen molar-refractivity contribution < 1.29 is 9.59 Å². The number of aromatic nitrogens is 1. The number of hydrogen-bond donors (Lipinski definition) is 2. The molecule has 0 unspecified atom stereocenters. The van der Waals surface area contributed by atoms with Gasteiger partial charge in [0.05, 0.1) is 16.0 Å². The van der Waals surface area contributed by atoms with E-state index in [1.165, 1.54) is 23.1 Å². The Balaban J connectivity index is 1.46. The number of nitrogens with one attached hydrogen (secondary N) is 2. The maximum Gasteiger partial charge on any atom is 0.321 e. The van der Waals surface area contributed by atoms with Crippen molar-refractivity contribution in [2.75, 3.05) is 5.75 Å². The molecule has 2 aromatic carbocycles. The van der Waals surface area contributed by atoms with Crippen LogP contribution in [0.5, 0.6) is 0 Å². The first-order valence-electron chi connectivity index (χ1n) is 7.40. The lowest BCUT2D eigenvalue weighted by Gasteiger charge is -2.06. The number of hydrogen-bond acceptors (Lipinski definition) is 5.